The molecular formula is C28H30ClN3O5. The minimum atomic E-state index is -1.18. The summed E-state index contributed by atoms with van der Waals surface area (Å²) >= 11 is 6.13. The first-order chi connectivity index (χ1) is 17.7. The molecule has 3 atom stereocenters. The molecule has 194 valence electrons. The first-order valence-electron chi connectivity index (χ1n) is 11.8. The van der Waals surface area contributed by atoms with E-state index in [0.29, 0.717) is 5.02 Å². The van der Waals surface area contributed by atoms with E-state index in [0.717, 1.165) is 11.1 Å². The third-order valence-corrected chi connectivity index (χ3v) is 5.72. The SMILES string of the molecule is C[C@@H](N)COc1ccc(Cl)cc1C(=O)N[C@@H](Cc1ccccc1)C(=O)N[C@@H](Cc1ccccc1)C(=O)O. The van der Waals surface area contributed by atoms with Gasteiger partial charge in [-0.15, -0.1) is 0 Å². The minimum absolute atomic E-state index is 0.0947. The van der Waals surface area contributed by atoms with E-state index in [1.54, 1.807) is 43.3 Å². The summed E-state index contributed by atoms with van der Waals surface area (Å²) in [6, 6.07) is 20.2. The molecule has 0 aliphatic heterocycles. The molecule has 0 radical (unpaired) electrons. The number of amides is 2. The van der Waals surface area contributed by atoms with E-state index in [4.69, 9.17) is 22.1 Å². The van der Waals surface area contributed by atoms with Crippen LogP contribution in [0.3, 0.4) is 0 Å². The van der Waals surface area contributed by atoms with Gasteiger partial charge in [0.05, 0.1) is 5.56 Å². The Morgan fingerprint density at radius 1 is 0.892 bits per heavy atom. The first kappa shape index (κ1) is 27.7. The van der Waals surface area contributed by atoms with Crippen LogP contribution in [0, 0.1) is 0 Å². The van der Waals surface area contributed by atoms with Gasteiger partial charge in [-0.3, -0.25) is 9.59 Å². The highest BCUT2D eigenvalue weighted by Gasteiger charge is 2.28. The molecule has 2 amide bonds. The van der Waals surface area contributed by atoms with Crippen molar-refractivity contribution < 1.29 is 24.2 Å². The minimum Gasteiger partial charge on any atom is -0.491 e. The quantitative estimate of drug-likeness (QED) is 0.288. The van der Waals surface area contributed by atoms with Gasteiger partial charge in [-0.2, -0.15) is 0 Å². The van der Waals surface area contributed by atoms with Gasteiger partial charge in [-0.25, -0.2) is 4.79 Å². The van der Waals surface area contributed by atoms with E-state index in [9.17, 15) is 19.5 Å². The normalized spacial score (nSPS) is 13.2. The molecule has 0 fully saturated rings. The number of carbonyl (C=O) groups is 3. The average molecular weight is 524 g/mol. The van der Waals surface area contributed by atoms with Gasteiger partial charge in [0.2, 0.25) is 5.91 Å². The number of carbonyl (C=O) groups excluding carboxylic acids is 2. The molecule has 0 heterocycles. The van der Waals surface area contributed by atoms with Gasteiger partial charge in [0, 0.05) is 23.9 Å². The van der Waals surface area contributed by atoms with E-state index >= 15 is 0 Å². The third kappa shape index (κ3) is 8.63. The molecule has 0 unspecified atom stereocenters. The lowest BCUT2D eigenvalue weighted by molar-refractivity contribution is -0.142. The van der Waals surface area contributed by atoms with E-state index < -0.39 is 29.9 Å². The molecule has 3 aromatic rings. The Morgan fingerprint density at radius 3 is 2.00 bits per heavy atom. The zero-order chi connectivity index (χ0) is 26.8. The molecule has 3 rings (SSSR count). The van der Waals surface area contributed by atoms with Crippen molar-refractivity contribution in [1.29, 1.82) is 0 Å². The highest BCUT2D eigenvalue weighted by Crippen LogP contribution is 2.23. The van der Waals surface area contributed by atoms with E-state index in [1.165, 1.54) is 6.07 Å². The van der Waals surface area contributed by atoms with Crippen LogP contribution in [-0.4, -0.2) is 47.6 Å². The maximum absolute atomic E-state index is 13.3. The summed E-state index contributed by atoms with van der Waals surface area (Å²) in [5.74, 6) is -2.12. The van der Waals surface area contributed by atoms with Crippen LogP contribution in [0.25, 0.3) is 0 Å². The Hall–Kier alpha value is -3.88. The highest BCUT2D eigenvalue weighted by molar-refractivity contribution is 6.31. The standard InChI is InChI=1S/C28H30ClN3O5/c1-18(30)17-37-25-13-12-21(29)16-22(25)26(33)31-23(14-19-8-4-2-5-9-19)27(34)32-24(28(35)36)15-20-10-6-3-7-11-20/h2-13,16,18,23-24H,14-15,17,30H2,1H3,(H,31,33)(H,32,34)(H,35,36)/t18-,23+,24+/m1/s1. The summed E-state index contributed by atoms with van der Waals surface area (Å²) < 4.78 is 5.67. The van der Waals surface area contributed by atoms with Crippen LogP contribution in [-0.2, 0) is 22.4 Å². The molecule has 0 spiro atoms. The molecule has 0 saturated heterocycles. The monoisotopic (exact) mass is 523 g/mol. The summed E-state index contributed by atoms with van der Waals surface area (Å²) in [6.45, 7) is 1.94. The van der Waals surface area contributed by atoms with Crippen molar-refractivity contribution in [3.05, 3.63) is 101 Å². The predicted octanol–water partition coefficient (Wildman–Crippen LogP) is 3.22. The van der Waals surface area contributed by atoms with Crippen molar-refractivity contribution in [3.63, 3.8) is 0 Å². The molecule has 3 aromatic carbocycles. The summed E-state index contributed by atoms with van der Waals surface area (Å²) in [4.78, 5) is 38.6. The number of ether oxygens (including phenoxy) is 1. The summed E-state index contributed by atoms with van der Waals surface area (Å²) in [7, 11) is 0. The van der Waals surface area contributed by atoms with Crippen LogP contribution in [0.4, 0.5) is 0 Å². The van der Waals surface area contributed by atoms with E-state index in [1.807, 2.05) is 36.4 Å². The first-order valence-corrected chi connectivity index (χ1v) is 12.2. The Labute approximate surface area is 220 Å². The fourth-order valence-corrected chi connectivity index (χ4v) is 3.82. The summed E-state index contributed by atoms with van der Waals surface area (Å²) in [5, 5.41) is 15.4. The van der Waals surface area contributed by atoms with E-state index in [-0.39, 0.29) is 36.8 Å². The molecule has 0 aliphatic carbocycles. The summed E-state index contributed by atoms with van der Waals surface area (Å²) in [6.07, 6.45) is 0.240. The fraction of sp³-hybridized carbons (Fsp3) is 0.250. The topological polar surface area (TPSA) is 131 Å². The zero-order valence-electron chi connectivity index (χ0n) is 20.4. The number of nitrogens with one attached hydrogen (secondary N) is 2. The van der Waals surface area contributed by atoms with Crippen LogP contribution in [0.5, 0.6) is 5.75 Å². The number of benzene rings is 3. The zero-order valence-corrected chi connectivity index (χ0v) is 21.2. The Balaban J connectivity index is 1.83. The van der Waals surface area contributed by atoms with E-state index in [2.05, 4.69) is 10.6 Å². The van der Waals surface area contributed by atoms with Crippen LogP contribution >= 0.6 is 11.6 Å². The van der Waals surface area contributed by atoms with Crippen LogP contribution in [0.1, 0.15) is 28.4 Å². The van der Waals surface area contributed by atoms with Crippen molar-refractivity contribution in [2.24, 2.45) is 5.73 Å². The van der Waals surface area contributed by atoms with Crippen molar-refractivity contribution in [2.75, 3.05) is 6.61 Å². The maximum Gasteiger partial charge on any atom is 0.326 e. The number of hydrogen-bond donors (Lipinski definition) is 4. The van der Waals surface area contributed by atoms with Crippen molar-refractivity contribution in [2.45, 2.75) is 37.9 Å². The molecule has 37 heavy (non-hydrogen) atoms. The molecular weight excluding hydrogens is 494 g/mol. The summed E-state index contributed by atoms with van der Waals surface area (Å²) in [5.41, 5.74) is 7.46. The van der Waals surface area contributed by atoms with Gasteiger partial charge in [0.25, 0.3) is 5.91 Å². The van der Waals surface area contributed by atoms with Crippen molar-refractivity contribution in [1.82, 2.24) is 10.6 Å². The molecule has 0 saturated carbocycles. The fourth-order valence-electron chi connectivity index (χ4n) is 3.64. The Bertz CT molecular complexity index is 1200. The Morgan fingerprint density at radius 2 is 1.46 bits per heavy atom. The van der Waals surface area contributed by atoms with Crippen LogP contribution in [0.15, 0.2) is 78.9 Å². The van der Waals surface area contributed by atoms with Gasteiger partial charge in [0.15, 0.2) is 0 Å². The third-order valence-electron chi connectivity index (χ3n) is 5.49. The van der Waals surface area contributed by atoms with Gasteiger partial charge in [-0.1, -0.05) is 72.3 Å². The molecule has 0 aromatic heterocycles. The largest absolute Gasteiger partial charge is 0.491 e. The molecule has 5 N–H and O–H groups in total. The second kappa shape index (κ2) is 13.4. The van der Waals surface area contributed by atoms with Crippen molar-refractivity contribution >= 4 is 29.4 Å². The smallest absolute Gasteiger partial charge is 0.326 e. The Kier molecular flexibility index (Phi) is 10.1. The predicted molar refractivity (Wildman–Crippen MR) is 142 cm³/mol. The van der Waals surface area contributed by atoms with Crippen LogP contribution < -0.4 is 21.1 Å². The number of hydrogen-bond acceptors (Lipinski definition) is 5. The lowest BCUT2D eigenvalue weighted by Gasteiger charge is -2.22. The second-order valence-electron chi connectivity index (χ2n) is 8.73. The lowest BCUT2D eigenvalue weighted by atomic mass is 10.0. The number of rotatable bonds is 12. The number of aliphatic carboxylic acids is 1. The molecule has 0 bridgehead atoms. The van der Waals surface area contributed by atoms with Gasteiger partial charge in [0.1, 0.15) is 24.4 Å². The van der Waals surface area contributed by atoms with Gasteiger partial charge in [-0.05, 0) is 36.2 Å². The molecule has 0 aliphatic rings. The van der Waals surface area contributed by atoms with Crippen LogP contribution in [0.2, 0.25) is 5.02 Å². The average Bonchev–Trinajstić information content (AvgIpc) is 2.88. The maximum atomic E-state index is 13.3. The number of nitrogens with two attached hydrogens (primary N) is 1. The molecule has 8 nitrogen and oxygen atoms in total. The number of carboxylic acid groups (broad SMARTS) is 1. The van der Waals surface area contributed by atoms with Gasteiger partial charge >= 0.3 is 5.97 Å². The highest BCUT2D eigenvalue weighted by atomic mass is 35.5. The lowest BCUT2D eigenvalue weighted by Crippen LogP contribution is -2.53. The van der Waals surface area contributed by atoms with Crippen molar-refractivity contribution in [3.8, 4) is 5.75 Å². The second-order valence-corrected chi connectivity index (χ2v) is 9.17. The van der Waals surface area contributed by atoms with Gasteiger partial charge < -0.3 is 26.2 Å². The number of halogens is 1. The molecule has 9 heteroatoms. The number of carboxylic acids is 1.